The lowest BCUT2D eigenvalue weighted by molar-refractivity contribution is -0.118. The summed E-state index contributed by atoms with van der Waals surface area (Å²) >= 11 is 0. The molecule has 1 amide bonds. The molecule has 0 bridgehead atoms. The van der Waals surface area contributed by atoms with Gasteiger partial charge in [-0.25, -0.2) is 0 Å². The van der Waals surface area contributed by atoms with Gasteiger partial charge in [0.15, 0.2) is 0 Å². The van der Waals surface area contributed by atoms with Gasteiger partial charge in [0.25, 0.3) is 10.1 Å². The van der Waals surface area contributed by atoms with Gasteiger partial charge in [0, 0.05) is 22.9 Å². The Hall–Kier alpha value is -0.620. The van der Waals surface area contributed by atoms with Crippen molar-refractivity contribution in [1.29, 1.82) is 0 Å². The Morgan fingerprint density at radius 1 is 1.82 bits per heavy atom. The van der Waals surface area contributed by atoms with Crippen LogP contribution in [0.3, 0.4) is 0 Å². The highest BCUT2D eigenvalue weighted by Gasteiger charge is 2.02. The second-order valence-electron chi connectivity index (χ2n) is 1.43. The number of carbonyl (C=O) groups is 1. The molecule has 0 aliphatic carbocycles. The van der Waals surface area contributed by atoms with E-state index in [9.17, 15) is 13.2 Å². The topological polar surface area (TPSA) is 83.5 Å². The van der Waals surface area contributed by atoms with Gasteiger partial charge in [0.05, 0.1) is 5.70 Å². The summed E-state index contributed by atoms with van der Waals surface area (Å²) in [6, 6.07) is 0. The lowest BCUT2D eigenvalue weighted by Gasteiger charge is -1.98. The van der Waals surface area contributed by atoms with Crippen molar-refractivity contribution in [3.63, 3.8) is 0 Å². The van der Waals surface area contributed by atoms with Crippen molar-refractivity contribution in [2.75, 3.05) is 12.2 Å². The zero-order valence-electron chi connectivity index (χ0n) is 12.3. The molecular weight excluding hydrogens is 170 g/mol. The number of carbonyl (C=O) groups excluding carboxylic acids is 1. The molecule has 0 aromatic carbocycles. The van der Waals surface area contributed by atoms with Crippen molar-refractivity contribution >= 4 is 16.0 Å². The van der Waals surface area contributed by atoms with Crippen LogP contribution in [0.25, 0.3) is 0 Å². The van der Waals surface area contributed by atoms with Gasteiger partial charge in [-0.05, 0) is 6.42 Å². The molecule has 5 nitrogen and oxygen atoms in total. The summed E-state index contributed by atoms with van der Waals surface area (Å²) in [6.45, 7) is -6.11. The first-order valence-corrected chi connectivity index (χ1v) is 3.82. The van der Waals surface area contributed by atoms with Crippen LogP contribution in [0, 0.1) is 0 Å². The van der Waals surface area contributed by atoms with Gasteiger partial charge in [-0.2, -0.15) is 8.42 Å². The van der Waals surface area contributed by atoms with E-state index in [1.165, 1.54) is 5.32 Å². The fraction of sp³-hybridized carbons (Fsp3) is 0.800. The largest absolute Gasteiger partial charge is 0.356 e. The van der Waals surface area contributed by atoms with Crippen molar-refractivity contribution in [1.82, 2.24) is 5.32 Å². The van der Waals surface area contributed by atoms with Crippen LogP contribution >= 0.6 is 0 Å². The molecule has 0 aliphatic rings. The molecule has 6 heteroatoms. The minimum absolute atomic E-state index is 1.34. The first kappa shape index (κ1) is 3.40. The van der Waals surface area contributed by atoms with Gasteiger partial charge in [-0.15, -0.1) is 0 Å². The summed E-state index contributed by atoms with van der Waals surface area (Å²) < 4.78 is 77.9. The van der Waals surface area contributed by atoms with E-state index in [2.05, 4.69) is 0 Å². The van der Waals surface area contributed by atoms with Crippen LogP contribution < -0.4 is 5.32 Å². The van der Waals surface area contributed by atoms with Crippen LogP contribution in [-0.4, -0.2) is 31.1 Å². The van der Waals surface area contributed by atoms with Crippen LogP contribution in [0.1, 0.15) is 22.9 Å². The van der Waals surface area contributed by atoms with E-state index in [0.29, 0.717) is 0 Å². The van der Waals surface area contributed by atoms with E-state index < -0.39 is 41.5 Å². The zero-order valence-corrected chi connectivity index (χ0v) is 6.10. The third-order valence-corrected chi connectivity index (χ3v) is 1.05. The molecule has 0 aromatic rings. The fourth-order valence-electron chi connectivity index (χ4n) is 0.252. The Morgan fingerprint density at radius 3 is 2.91 bits per heavy atom. The minimum Gasteiger partial charge on any atom is -0.356 e. The van der Waals surface area contributed by atoms with Crippen LogP contribution in [0.2, 0.25) is 0 Å². The van der Waals surface area contributed by atoms with Gasteiger partial charge in [-0.1, -0.05) is 0 Å². The van der Waals surface area contributed by atoms with Gasteiger partial charge < -0.3 is 5.32 Å². The molecule has 0 aliphatic heterocycles. The molecule has 0 radical (unpaired) electrons. The molecule has 66 valence electrons. The Morgan fingerprint density at radius 2 is 2.45 bits per heavy atom. The van der Waals surface area contributed by atoms with Gasteiger partial charge in [-0.3, -0.25) is 9.35 Å². The maximum Gasteiger partial charge on any atom is 0.264 e. The van der Waals surface area contributed by atoms with Crippen molar-refractivity contribution in [2.24, 2.45) is 0 Å². The molecule has 0 saturated carbocycles. The van der Waals surface area contributed by atoms with E-state index in [0.717, 1.165) is 0 Å². The summed E-state index contributed by atoms with van der Waals surface area (Å²) in [5.41, 5.74) is -3.36. The van der Waals surface area contributed by atoms with Crippen LogP contribution in [0.5, 0.6) is 0 Å². The molecule has 0 fully saturated rings. The average molecular weight is 188 g/mol. The lowest BCUT2D eigenvalue weighted by atomic mass is 10.5. The predicted octanol–water partition coefficient (Wildman–Crippen LogP) is -0.600. The fourth-order valence-corrected chi connectivity index (χ4v) is 0.506. The summed E-state index contributed by atoms with van der Waals surface area (Å²) in [6.07, 6.45) is -1.46. The normalized spacial score (nSPS) is 24.3. The SMILES string of the molecule is [2H]C([2H])(CC([2H])([2H])S(=O)(=O)O)NC(=O)C([2H])([2H])[2H]. The van der Waals surface area contributed by atoms with Gasteiger partial charge >= 0.3 is 0 Å². The Bertz CT molecular complexity index is 428. The van der Waals surface area contributed by atoms with Crippen molar-refractivity contribution in [3.05, 3.63) is 0 Å². The van der Waals surface area contributed by atoms with Crippen LogP contribution in [-0.2, 0) is 14.9 Å². The molecule has 0 heterocycles. The summed E-state index contributed by atoms with van der Waals surface area (Å²) in [5.74, 6) is -1.70. The lowest BCUT2D eigenvalue weighted by Crippen LogP contribution is -2.22. The highest BCUT2D eigenvalue weighted by Crippen LogP contribution is 1.85. The van der Waals surface area contributed by atoms with E-state index >= 15 is 0 Å². The quantitative estimate of drug-likeness (QED) is 0.577. The third-order valence-electron chi connectivity index (χ3n) is 0.545. The van der Waals surface area contributed by atoms with E-state index in [-0.39, 0.29) is 0 Å². The number of nitrogens with one attached hydrogen (secondary N) is 1. The molecule has 0 atom stereocenters. The highest BCUT2D eigenvalue weighted by molar-refractivity contribution is 7.85. The number of rotatable bonds is 4. The molecule has 2 N–H and O–H groups in total. The molecule has 0 rings (SSSR count). The zero-order chi connectivity index (χ0) is 15.0. The van der Waals surface area contributed by atoms with Gasteiger partial charge in [0.1, 0.15) is 0 Å². The average Bonchev–Trinajstić information content (AvgIpc) is 1.95. The maximum absolute atomic E-state index is 11.0. The number of hydrogen-bond acceptors (Lipinski definition) is 3. The molecule has 0 aromatic heterocycles. The minimum atomic E-state index is -5.21. The molecular formula is C5H11NO4S. The number of hydrogen-bond donors (Lipinski definition) is 2. The highest BCUT2D eigenvalue weighted by atomic mass is 32.2. The van der Waals surface area contributed by atoms with E-state index in [1.807, 2.05) is 0 Å². The Balaban J connectivity index is 4.95. The monoisotopic (exact) mass is 188 g/mol. The van der Waals surface area contributed by atoms with E-state index in [1.54, 1.807) is 0 Å². The molecule has 11 heavy (non-hydrogen) atoms. The third kappa shape index (κ3) is 9.38. The number of amides is 1. The van der Waals surface area contributed by atoms with E-state index in [4.69, 9.17) is 14.1 Å². The maximum atomic E-state index is 11.0. The van der Waals surface area contributed by atoms with Crippen LogP contribution in [0.15, 0.2) is 0 Å². The first-order chi connectivity index (χ1) is 7.58. The van der Waals surface area contributed by atoms with Crippen LogP contribution in [0.4, 0.5) is 0 Å². The smallest absolute Gasteiger partial charge is 0.264 e. The molecule has 0 unspecified atom stereocenters. The predicted molar refractivity (Wildman–Crippen MR) is 39.7 cm³/mol. The first-order valence-electron chi connectivity index (χ1n) is 5.88. The Labute approximate surface area is 75.4 Å². The van der Waals surface area contributed by atoms with Crippen molar-refractivity contribution in [2.45, 2.75) is 13.3 Å². The second-order valence-corrected chi connectivity index (χ2v) is 2.67. The molecule has 0 spiro atoms. The summed E-state index contributed by atoms with van der Waals surface area (Å²) in [7, 11) is -5.21. The summed E-state index contributed by atoms with van der Waals surface area (Å²) in [5, 5.41) is 1.34. The Kier molecular flexibility index (Phi) is 1.33. The van der Waals surface area contributed by atoms with Gasteiger partial charge in [0.2, 0.25) is 5.91 Å². The van der Waals surface area contributed by atoms with Crippen molar-refractivity contribution < 1.29 is 27.4 Å². The summed E-state index contributed by atoms with van der Waals surface area (Å²) in [4.78, 5) is 11.0. The van der Waals surface area contributed by atoms with Crippen molar-refractivity contribution in [3.8, 4) is 0 Å². The standard InChI is InChI=1S/C5H11NO4S/c1-5(7)6-3-2-4-11(8,9)10/h2-4H2,1H3,(H,6,7)(H,8,9,10)/i1D3,3D2,4D2. The molecule has 0 saturated heterocycles. The second kappa shape index (κ2) is 4.30.